The standard InChI is InChI=1S/C20H23NO10/c1-7(22)29-15-13-14(31-19(2,3)30-13)16-20(26,17(15)24)8-5-9-12(28-6-27-9)11(23)10(8)18(25)21(16)4/h5,13-17,23-24,26H,6H2,1-4H3/t13-,14+,15+,16-,17-,20+/m0/s1. The number of hydrogen-bond donors (Lipinski definition) is 3. The van der Waals surface area contributed by atoms with Gasteiger partial charge >= 0.3 is 5.97 Å². The number of carbonyl (C=O) groups excluding carboxylic acids is 2. The molecule has 31 heavy (non-hydrogen) atoms. The molecule has 0 radical (unpaired) electrons. The molecule has 1 aromatic carbocycles. The average molecular weight is 437 g/mol. The summed E-state index contributed by atoms with van der Waals surface area (Å²) in [7, 11) is 1.43. The highest BCUT2D eigenvalue weighted by Crippen LogP contribution is 2.55. The smallest absolute Gasteiger partial charge is 0.303 e. The molecule has 1 aromatic rings. The molecule has 1 aliphatic carbocycles. The van der Waals surface area contributed by atoms with E-state index in [1.165, 1.54) is 24.9 Å². The zero-order valence-corrected chi connectivity index (χ0v) is 17.3. The first-order chi connectivity index (χ1) is 14.5. The van der Waals surface area contributed by atoms with E-state index in [2.05, 4.69) is 0 Å². The van der Waals surface area contributed by atoms with Crippen LogP contribution in [0.25, 0.3) is 0 Å². The van der Waals surface area contributed by atoms with Gasteiger partial charge in [-0.15, -0.1) is 0 Å². The van der Waals surface area contributed by atoms with E-state index < -0.39 is 59.5 Å². The van der Waals surface area contributed by atoms with Crippen molar-refractivity contribution in [3.8, 4) is 17.2 Å². The largest absolute Gasteiger partial charge is 0.504 e. The number of rotatable bonds is 1. The number of esters is 1. The molecular weight excluding hydrogens is 414 g/mol. The maximum absolute atomic E-state index is 13.2. The molecule has 1 amide bonds. The fourth-order valence-corrected chi connectivity index (χ4v) is 5.19. The zero-order valence-electron chi connectivity index (χ0n) is 17.3. The van der Waals surface area contributed by atoms with Gasteiger partial charge in [-0.25, -0.2) is 0 Å². The molecule has 0 unspecified atom stereocenters. The fraction of sp³-hybridized carbons (Fsp3) is 0.600. The van der Waals surface area contributed by atoms with Crippen LogP contribution in [0.4, 0.5) is 0 Å². The van der Waals surface area contributed by atoms with Gasteiger partial charge in [-0.05, 0) is 19.9 Å². The second-order valence-corrected chi connectivity index (χ2v) is 8.65. The van der Waals surface area contributed by atoms with Crippen molar-refractivity contribution >= 4 is 11.9 Å². The molecule has 0 spiro atoms. The molecule has 4 aliphatic rings. The Morgan fingerprint density at radius 2 is 1.94 bits per heavy atom. The van der Waals surface area contributed by atoms with E-state index in [0.717, 1.165) is 0 Å². The van der Waals surface area contributed by atoms with Crippen molar-refractivity contribution in [2.75, 3.05) is 13.8 Å². The van der Waals surface area contributed by atoms with Crippen LogP contribution in [0.15, 0.2) is 6.07 Å². The average Bonchev–Trinajstić information content (AvgIpc) is 3.27. The maximum atomic E-state index is 13.2. The van der Waals surface area contributed by atoms with Crippen LogP contribution in [0.1, 0.15) is 36.7 Å². The summed E-state index contributed by atoms with van der Waals surface area (Å²) in [5.41, 5.74) is -2.48. The number of hydrogen-bond acceptors (Lipinski definition) is 10. The van der Waals surface area contributed by atoms with E-state index >= 15 is 0 Å². The minimum Gasteiger partial charge on any atom is -0.504 e. The number of aliphatic hydroxyl groups excluding tert-OH is 1. The van der Waals surface area contributed by atoms with Crippen molar-refractivity contribution in [2.45, 2.75) is 62.6 Å². The van der Waals surface area contributed by atoms with Crippen LogP contribution in [0.5, 0.6) is 17.2 Å². The van der Waals surface area contributed by atoms with E-state index in [9.17, 15) is 24.9 Å². The molecule has 0 aromatic heterocycles. The molecule has 3 aliphatic heterocycles. The summed E-state index contributed by atoms with van der Waals surface area (Å²) in [6, 6.07) is 0.241. The highest BCUT2D eigenvalue weighted by molar-refractivity contribution is 6.02. The van der Waals surface area contributed by atoms with E-state index in [4.69, 9.17) is 23.7 Å². The Morgan fingerprint density at radius 3 is 2.61 bits per heavy atom. The lowest BCUT2D eigenvalue weighted by Gasteiger charge is -2.55. The van der Waals surface area contributed by atoms with Crippen LogP contribution in [0.2, 0.25) is 0 Å². The number of aliphatic hydroxyl groups is 2. The molecule has 1 saturated heterocycles. The first-order valence-corrected chi connectivity index (χ1v) is 9.84. The first-order valence-electron chi connectivity index (χ1n) is 9.84. The van der Waals surface area contributed by atoms with Gasteiger partial charge in [-0.1, -0.05) is 0 Å². The Balaban J connectivity index is 1.75. The number of likely N-dealkylation sites (N-methyl/N-ethyl adjacent to an activating group) is 1. The number of aromatic hydroxyl groups is 1. The van der Waals surface area contributed by atoms with Crippen molar-refractivity contribution in [1.82, 2.24) is 4.90 Å². The third kappa shape index (κ3) is 2.54. The van der Waals surface area contributed by atoms with E-state index in [1.807, 2.05) is 0 Å². The Bertz CT molecular complexity index is 993. The van der Waals surface area contributed by atoms with Gasteiger partial charge in [0.25, 0.3) is 5.91 Å². The van der Waals surface area contributed by atoms with Crippen molar-refractivity contribution in [3.63, 3.8) is 0 Å². The van der Waals surface area contributed by atoms with Gasteiger partial charge in [0, 0.05) is 19.5 Å². The lowest BCUT2D eigenvalue weighted by molar-refractivity contribution is -0.238. The van der Waals surface area contributed by atoms with Crippen molar-refractivity contribution in [2.24, 2.45) is 0 Å². The predicted molar refractivity (Wildman–Crippen MR) is 99.4 cm³/mol. The number of benzene rings is 1. The van der Waals surface area contributed by atoms with Gasteiger partial charge in [0.1, 0.15) is 23.9 Å². The SMILES string of the molecule is CC(=O)O[C@@H]1[C@H]2OC(C)(C)O[C@H]2[C@@H]2N(C)C(=O)c3c(cc4c(c3O)OCO4)[C@]2(O)[C@H]1O. The van der Waals surface area contributed by atoms with Gasteiger partial charge < -0.3 is 43.9 Å². The number of carbonyl (C=O) groups is 2. The fourth-order valence-electron chi connectivity index (χ4n) is 5.19. The van der Waals surface area contributed by atoms with Crippen LogP contribution < -0.4 is 9.47 Å². The topological polar surface area (TPSA) is 144 Å². The molecule has 1 saturated carbocycles. The summed E-state index contributed by atoms with van der Waals surface area (Å²) in [4.78, 5) is 26.2. The number of phenols is 1. The minimum absolute atomic E-state index is 0.0242. The van der Waals surface area contributed by atoms with Crippen LogP contribution in [0.3, 0.4) is 0 Å². The van der Waals surface area contributed by atoms with Gasteiger partial charge in [0.2, 0.25) is 12.5 Å². The maximum Gasteiger partial charge on any atom is 0.303 e. The molecule has 11 heteroatoms. The molecule has 5 rings (SSSR count). The second-order valence-electron chi connectivity index (χ2n) is 8.65. The number of phenolic OH excluding ortho intramolecular Hbond substituents is 1. The monoisotopic (exact) mass is 437 g/mol. The Hall–Kier alpha value is -2.60. The highest BCUT2D eigenvalue weighted by atomic mass is 16.8. The molecular formula is C20H23NO10. The summed E-state index contributed by atoms with van der Waals surface area (Å²) in [6.07, 6.45) is -4.90. The first kappa shape index (κ1) is 20.3. The molecule has 168 valence electrons. The van der Waals surface area contributed by atoms with Crippen LogP contribution in [-0.2, 0) is 24.6 Å². The van der Waals surface area contributed by atoms with Crippen LogP contribution in [-0.4, -0.2) is 82.2 Å². The molecule has 3 heterocycles. The molecule has 3 N–H and O–H groups in total. The van der Waals surface area contributed by atoms with Crippen molar-refractivity contribution in [1.29, 1.82) is 0 Å². The summed E-state index contributed by atoms with van der Waals surface area (Å²) in [6.45, 7) is 4.29. The van der Waals surface area contributed by atoms with Crippen molar-refractivity contribution < 1.29 is 48.6 Å². The second kappa shape index (κ2) is 6.22. The van der Waals surface area contributed by atoms with E-state index in [-0.39, 0.29) is 29.4 Å². The third-order valence-corrected chi connectivity index (χ3v) is 6.33. The van der Waals surface area contributed by atoms with E-state index in [1.54, 1.807) is 13.8 Å². The van der Waals surface area contributed by atoms with Crippen LogP contribution >= 0.6 is 0 Å². The summed E-state index contributed by atoms with van der Waals surface area (Å²) in [5, 5.41) is 34.0. The van der Waals surface area contributed by atoms with Gasteiger partial charge in [-0.3, -0.25) is 9.59 Å². The number of ether oxygens (including phenoxy) is 5. The van der Waals surface area contributed by atoms with Gasteiger partial charge in [0.05, 0.1) is 11.6 Å². The number of nitrogens with zero attached hydrogens (tertiary/aromatic N) is 1. The Morgan fingerprint density at radius 1 is 1.26 bits per heavy atom. The zero-order chi connectivity index (χ0) is 22.5. The van der Waals surface area contributed by atoms with Crippen LogP contribution in [0, 0.1) is 0 Å². The van der Waals surface area contributed by atoms with Gasteiger partial charge in [-0.2, -0.15) is 0 Å². The highest BCUT2D eigenvalue weighted by Gasteiger charge is 2.69. The Kier molecular flexibility index (Phi) is 4.08. The number of amides is 1. The quantitative estimate of drug-likeness (QED) is 0.496. The summed E-state index contributed by atoms with van der Waals surface area (Å²) in [5.74, 6) is -2.83. The predicted octanol–water partition coefficient (Wildman–Crippen LogP) is -0.411. The normalized spacial score (nSPS) is 37.2. The summed E-state index contributed by atoms with van der Waals surface area (Å²) >= 11 is 0. The van der Waals surface area contributed by atoms with E-state index in [0.29, 0.717) is 0 Å². The molecule has 6 atom stereocenters. The van der Waals surface area contributed by atoms with Gasteiger partial charge in [0.15, 0.2) is 23.4 Å². The lowest BCUT2D eigenvalue weighted by Crippen LogP contribution is -2.74. The molecule has 2 fully saturated rings. The molecule has 11 nitrogen and oxygen atoms in total. The Labute approximate surface area is 177 Å². The minimum atomic E-state index is -2.18. The lowest BCUT2D eigenvalue weighted by atomic mass is 9.65. The number of fused-ring (bicyclic) bond motifs is 6. The molecule has 0 bridgehead atoms. The van der Waals surface area contributed by atoms with Crippen molar-refractivity contribution in [3.05, 3.63) is 17.2 Å². The summed E-state index contributed by atoms with van der Waals surface area (Å²) < 4.78 is 27.8. The third-order valence-electron chi connectivity index (χ3n) is 6.33.